The smallest absolute Gasteiger partial charge is 0.120 e. The molecular weight excluding hydrogens is 268 g/mol. The Morgan fingerprint density at radius 1 is 1.10 bits per heavy atom. The SMILES string of the molecule is C=C(S(=O)c1ccc(C)cc1)C(C)(O)c1ccccc1. The van der Waals surface area contributed by atoms with E-state index in [1.54, 1.807) is 31.2 Å². The lowest BCUT2D eigenvalue weighted by Gasteiger charge is -2.25. The minimum atomic E-state index is -1.45. The van der Waals surface area contributed by atoms with Crippen LogP contribution in [-0.4, -0.2) is 9.32 Å². The molecule has 2 rings (SSSR count). The summed E-state index contributed by atoms with van der Waals surface area (Å²) in [6.45, 7) is 7.45. The van der Waals surface area contributed by atoms with E-state index in [1.807, 2.05) is 37.3 Å². The summed E-state index contributed by atoms with van der Waals surface area (Å²) in [7, 11) is -1.45. The molecule has 0 aliphatic rings. The standard InChI is InChI=1S/C17H18O2S/c1-13-9-11-16(12-10-13)20(19)14(2)17(3,18)15-7-5-4-6-8-15/h4-12,18H,2H2,1,3H3. The van der Waals surface area contributed by atoms with Crippen molar-refractivity contribution in [3.05, 3.63) is 77.2 Å². The average molecular weight is 286 g/mol. The van der Waals surface area contributed by atoms with Gasteiger partial charge in [0.25, 0.3) is 0 Å². The van der Waals surface area contributed by atoms with Gasteiger partial charge in [-0.25, -0.2) is 4.21 Å². The molecule has 0 aliphatic carbocycles. The maximum atomic E-state index is 12.5. The van der Waals surface area contributed by atoms with Crippen molar-refractivity contribution < 1.29 is 9.32 Å². The van der Waals surface area contributed by atoms with Gasteiger partial charge >= 0.3 is 0 Å². The molecule has 2 unspecified atom stereocenters. The molecule has 2 nitrogen and oxygen atoms in total. The Hall–Kier alpha value is -1.71. The van der Waals surface area contributed by atoms with Crippen LogP contribution < -0.4 is 0 Å². The minimum Gasteiger partial charge on any atom is -0.380 e. The van der Waals surface area contributed by atoms with E-state index >= 15 is 0 Å². The topological polar surface area (TPSA) is 37.3 Å². The van der Waals surface area contributed by atoms with Crippen molar-refractivity contribution >= 4 is 10.8 Å². The number of aliphatic hydroxyl groups is 1. The van der Waals surface area contributed by atoms with Gasteiger partial charge in [-0.05, 0) is 31.5 Å². The third-order valence-corrected chi connectivity index (χ3v) is 4.88. The van der Waals surface area contributed by atoms with Crippen molar-refractivity contribution in [3.8, 4) is 0 Å². The molecule has 3 heteroatoms. The van der Waals surface area contributed by atoms with E-state index < -0.39 is 16.4 Å². The molecule has 0 radical (unpaired) electrons. The van der Waals surface area contributed by atoms with Crippen LogP contribution in [0.25, 0.3) is 0 Å². The Balaban J connectivity index is 2.31. The Kier molecular flexibility index (Phi) is 4.21. The van der Waals surface area contributed by atoms with Crippen LogP contribution in [0, 0.1) is 6.92 Å². The summed E-state index contributed by atoms with van der Waals surface area (Å²) in [5, 5.41) is 10.6. The van der Waals surface area contributed by atoms with E-state index in [-0.39, 0.29) is 4.91 Å². The van der Waals surface area contributed by atoms with Crippen molar-refractivity contribution in [1.29, 1.82) is 0 Å². The van der Waals surface area contributed by atoms with Gasteiger partial charge in [0.1, 0.15) is 5.60 Å². The van der Waals surface area contributed by atoms with Crippen LogP contribution >= 0.6 is 0 Å². The zero-order chi connectivity index (χ0) is 14.8. The van der Waals surface area contributed by atoms with E-state index in [4.69, 9.17) is 0 Å². The third kappa shape index (κ3) is 2.89. The molecule has 0 aromatic heterocycles. The highest BCUT2D eigenvalue weighted by Gasteiger charge is 2.31. The van der Waals surface area contributed by atoms with E-state index in [0.717, 1.165) is 5.56 Å². The number of benzene rings is 2. The second-order valence-corrected chi connectivity index (χ2v) is 6.44. The van der Waals surface area contributed by atoms with Gasteiger partial charge in [0.15, 0.2) is 0 Å². The fraction of sp³-hybridized carbons (Fsp3) is 0.176. The maximum absolute atomic E-state index is 12.5. The molecule has 0 amide bonds. The fourth-order valence-electron chi connectivity index (χ4n) is 1.91. The molecule has 2 atom stereocenters. The zero-order valence-electron chi connectivity index (χ0n) is 11.7. The number of hydrogen-bond acceptors (Lipinski definition) is 2. The second kappa shape index (κ2) is 5.73. The lowest BCUT2D eigenvalue weighted by atomic mass is 9.96. The predicted molar refractivity (Wildman–Crippen MR) is 82.7 cm³/mol. The van der Waals surface area contributed by atoms with Gasteiger partial charge in [-0.3, -0.25) is 0 Å². The van der Waals surface area contributed by atoms with Gasteiger partial charge in [-0.15, -0.1) is 0 Å². The summed E-state index contributed by atoms with van der Waals surface area (Å²) in [5.74, 6) is 0. The van der Waals surface area contributed by atoms with Crippen LogP contribution in [0.2, 0.25) is 0 Å². The van der Waals surface area contributed by atoms with Gasteiger partial charge < -0.3 is 5.11 Å². The van der Waals surface area contributed by atoms with Crippen molar-refractivity contribution in [2.24, 2.45) is 0 Å². The van der Waals surface area contributed by atoms with E-state index in [0.29, 0.717) is 10.5 Å². The third-order valence-electron chi connectivity index (χ3n) is 3.34. The number of aryl methyl sites for hydroxylation is 1. The summed E-state index contributed by atoms with van der Waals surface area (Å²) in [5.41, 5.74) is 0.466. The first kappa shape index (κ1) is 14.7. The summed E-state index contributed by atoms with van der Waals surface area (Å²) >= 11 is 0. The maximum Gasteiger partial charge on any atom is 0.120 e. The Morgan fingerprint density at radius 3 is 2.20 bits per heavy atom. The molecule has 0 fully saturated rings. The Labute approximate surface area is 122 Å². The van der Waals surface area contributed by atoms with Crippen LogP contribution in [0.3, 0.4) is 0 Å². The average Bonchev–Trinajstić information content (AvgIpc) is 2.47. The summed E-state index contributed by atoms with van der Waals surface area (Å²) in [4.78, 5) is 0.935. The molecule has 0 heterocycles. The van der Waals surface area contributed by atoms with Crippen LogP contribution in [-0.2, 0) is 16.4 Å². The number of hydrogen-bond donors (Lipinski definition) is 1. The highest BCUT2D eigenvalue weighted by Crippen LogP contribution is 2.32. The first-order chi connectivity index (χ1) is 9.43. The molecule has 0 bridgehead atoms. The van der Waals surface area contributed by atoms with Crippen LogP contribution in [0.4, 0.5) is 0 Å². The minimum absolute atomic E-state index is 0.285. The lowest BCUT2D eigenvalue weighted by molar-refractivity contribution is 0.107. The first-order valence-corrected chi connectivity index (χ1v) is 7.53. The Morgan fingerprint density at radius 2 is 1.65 bits per heavy atom. The zero-order valence-corrected chi connectivity index (χ0v) is 12.5. The van der Waals surface area contributed by atoms with Crippen LogP contribution in [0.15, 0.2) is 71.0 Å². The quantitative estimate of drug-likeness (QED) is 0.933. The second-order valence-electron chi connectivity index (χ2n) is 4.94. The molecule has 0 saturated carbocycles. The molecule has 104 valence electrons. The molecule has 1 N–H and O–H groups in total. The largest absolute Gasteiger partial charge is 0.380 e. The van der Waals surface area contributed by atoms with Crippen molar-refractivity contribution in [2.75, 3.05) is 0 Å². The van der Waals surface area contributed by atoms with E-state index in [1.165, 1.54) is 0 Å². The lowest BCUT2D eigenvalue weighted by Crippen LogP contribution is -2.26. The normalized spacial score (nSPS) is 15.3. The molecule has 2 aromatic rings. The van der Waals surface area contributed by atoms with Gasteiger partial charge in [0.05, 0.1) is 10.8 Å². The van der Waals surface area contributed by atoms with E-state index in [9.17, 15) is 9.32 Å². The van der Waals surface area contributed by atoms with Crippen molar-refractivity contribution in [1.82, 2.24) is 0 Å². The summed E-state index contributed by atoms with van der Waals surface area (Å²) in [6.07, 6.45) is 0. The molecule has 0 saturated heterocycles. The van der Waals surface area contributed by atoms with Crippen molar-refractivity contribution in [2.45, 2.75) is 24.3 Å². The molecule has 20 heavy (non-hydrogen) atoms. The molecule has 0 aliphatic heterocycles. The van der Waals surface area contributed by atoms with Gasteiger partial charge in [0, 0.05) is 9.80 Å². The van der Waals surface area contributed by atoms with Crippen molar-refractivity contribution in [3.63, 3.8) is 0 Å². The highest BCUT2D eigenvalue weighted by molar-refractivity contribution is 7.89. The summed E-state index contributed by atoms with van der Waals surface area (Å²) < 4.78 is 12.5. The molecule has 0 spiro atoms. The van der Waals surface area contributed by atoms with E-state index in [2.05, 4.69) is 6.58 Å². The number of rotatable bonds is 4. The Bertz CT molecular complexity index is 628. The van der Waals surface area contributed by atoms with Gasteiger partial charge in [-0.1, -0.05) is 54.6 Å². The monoisotopic (exact) mass is 286 g/mol. The molecule has 2 aromatic carbocycles. The van der Waals surface area contributed by atoms with Crippen LogP contribution in [0.5, 0.6) is 0 Å². The summed E-state index contributed by atoms with van der Waals surface area (Å²) in [6, 6.07) is 16.6. The highest BCUT2D eigenvalue weighted by atomic mass is 32.2. The van der Waals surface area contributed by atoms with Crippen LogP contribution in [0.1, 0.15) is 18.1 Å². The first-order valence-electron chi connectivity index (χ1n) is 6.38. The molecular formula is C17H18O2S. The fourth-order valence-corrected chi connectivity index (χ4v) is 3.05. The van der Waals surface area contributed by atoms with Gasteiger partial charge in [-0.2, -0.15) is 0 Å². The predicted octanol–water partition coefficient (Wildman–Crippen LogP) is 3.52. The van der Waals surface area contributed by atoms with Gasteiger partial charge in [0.2, 0.25) is 0 Å².